The first-order valence-electron chi connectivity index (χ1n) is 6.56. The summed E-state index contributed by atoms with van der Waals surface area (Å²) in [5.41, 5.74) is 6.11. The van der Waals surface area contributed by atoms with Gasteiger partial charge < -0.3 is 15.8 Å². The molecule has 106 valence electrons. The molecule has 1 amide bonds. The van der Waals surface area contributed by atoms with Crippen molar-refractivity contribution in [2.45, 2.75) is 13.3 Å². The Bertz CT molecular complexity index is 581. The van der Waals surface area contributed by atoms with Crippen molar-refractivity contribution in [1.82, 2.24) is 0 Å². The largest absolute Gasteiger partial charge is 0.492 e. The second-order valence-corrected chi connectivity index (χ2v) is 5.41. The maximum absolute atomic E-state index is 12.1. The number of ether oxygens (including phenoxy) is 1. The van der Waals surface area contributed by atoms with E-state index in [4.69, 9.17) is 10.5 Å². The molecule has 20 heavy (non-hydrogen) atoms. The van der Waals surface area contributed by atoms with E-state index in [9.17, 15) is 4.79 Å². The highest BCUT2D eigenvalue weighted by molar-refractivity contribution is 7.14. The number of carbonyl (C=O) groups is 1. The van der Waals surface area contributed by atoms with Gasteiger partial charge in [-0.05, 0) is 30.7 Å². The number of hydrogen-bond acceptors (Lipinski definition) is 4. The van der Waals surface area contributed by atoms with Crippen molar-refractivity contribution in [3.8, 4) is 5.75 Å². The Kier molecular flexibility index (Phi) is 5.15. The van der Waals surface area contributed by atoms with Crippen molar-refractivity contribution >= 4 is 22.9 Å². The summed E-state index contributed by atoms with van der Waals surface area (Å²) in [4.78, 5) is 14.0. The number of amides is 1. The third-order valence-corrected chi connectivity index (χ3v) is 3.94. The van der Waals surface area contributed by atoms with Crippen molar-refractivity contribution in [2.24, 2.45) is 5.73 Å². The van der Waals surface area contributed by atoms with Gasteiger partial charge in [0.15, 0.2) is 0 Å². The maximum atomic E-state index is 12.1. The van der Waals surface area contributed by atoms with Crippen LogP contribution in [0.3, 0.4) is 0 Å². The molecule has 0 unspecified atom stereocenters. The Morgan fingerprint density at radius 3 is 2.90 bits per heavy atom. The zero-order valence-corrected chi connectivity index (χ0v) is 12.2. The summed E-state index contributed by atoms with van der Waals surface area (Å²) in [6.45, 7) is 3.00. The molecule has 0 aliphatic heterocycles. The molecule has 2 rings (SSSR count). The molecule has 3 N–H and O–H groups in total. The highest BCUT2D eigenvalue weighted by atomic mass is 32.1. The van der Waals surface area contributed by atoms with Gasteiger partial charge in [0.25, 0.3) is 5.91 Å². The third-order valence-electron chi connectivity index (χ3n) is 2.71. The molecule has 0 aliphatic carbocycles. The van der Waals surface area contributed by atoms with E-state index in [1.54, 1.807) is 6.07 Å². The first-order valence-corrected chi connectivity index (χ1v) is 7.37. The minimum Gasteiger partial charge on any atom is -0.492 e. The maximum Gasteiger partial charge on any atom is 0.265 e. The van der Waals surface area contributed by atoms with Gasteiger partial charge in [-0.2, -0.15) is 0 Å². The molecule has 0 spiro atoms. The average Bonchev–Trinajstić information content (AvgIpc) is 2.94. The quantitative estimate of drug-likeness (QED) is 0.859. The van der Waals surface area contributed by atoms with Crippen LogP contribution in [0.1, 0.15) is 21.5 Å². The normalized spacial score (nSPS) is 10.3. The average molecular weight is 290 g/mol. The molecular weight excluding hydrogens is 272 g/mol. The number of nitrogens with two attached hydrogens (primary N) is 1. The SMILES string of the molecule is CCc1ccc(C(=O)Nc2cccc(OCCN)c2)s1. The third kappa shape index (κ3) is 3.82. The van der Waals surface area contributed by atoms with Gasteiger partial charge >= 0.3 is 0 Å². The molecule has 4 nitrogen and oxygen atoms in total. The highest BCUT2D eigenvalue weighted by Gasteiger charge is 2.09. The first-order chi connectivity index (χ1) is 9.72. The van der Waals surface area contributed by atoms with Crippen LogP contribution in [0, 0.1) is 0 Å². The van der Waals surface area contributed by atoms with Crippen LogP contribution in [-0.2, 0) is 6.42 Å². The molecule has 0 saturated heterocycles. The van der Waals surface area contributed by atoms with E-state index in [1.165, 1.54) is 16.2 Å². The van der Waals surface area contributed by atoms with Gasteiger partial charge in [-0.1, -0.05) is 13.0 Å². The van der Waals surface area contributed by atoms with Gasteiger partial charge in [0.1, 0.15) is 12.4 Å². The molecule has 0 atom stereocenters. The molecule has 0 bridgehead atoms. The zero-order chi connectivity index (χ0) is 14.4. The Balaban J connectivity index is 2.03. The van der Waals surface area contributed by atoms with Crippen LogP contribution in [0.15, 0.2) is 36.4 Å². The second-order valence-electron chi connectivity index (χ2n) is 4.24. The summed E-state index contributed by atoms with van der Waals surface area (Å²) in [5.74, 6) is 0.611. The highest BCUT2D eigenvalue weighted by Crippen LogP contribution is 2.21. The molecule has 0 aliphatic rings. The molecule has 0 fully saturated rings. The Morgan fingerprint density at radius 1 is 1.35 bits per heavy atom. The van der Waals surface area contributed by atoms with E-state index < -0.39 is 0 Å². The monoisotopic (exact) mass is 290 g/mol. The fourth-order valence-electron chi connectivity index (χ4n) is 1.72. The Hall–Kier alpha value is -1.85. The van der Waals surface area contributed by atoms with Gasteiger partial charge in [-0.3, -0.25) is 4.79 Å². The van der Waals surface area contributed by atoms with Crippen LogP contribution in [0.4, 0.5) is 5.69 Å². The second kappa shape index (κ2) is 7.07. The van der Waals surface area contributed by atoms with E-state index in [0.29, 0.717) is 18.9 Å². The predicted molar refractivity (Wildman–Crippen MR) is 82.6 cm³/mol. The molecule has 1 heterocycles. The van der Waals surface area contributed by atoms with Crippen LogP contribution >= 0.6 is 11.3 Å². The summed E-state index contributed by atoms with van der Waals surface area (Å²) >= 11 is 1.52. The molecule has 5 heteroatoms. The van der Waals surface area contributed by atoms with Crippen molar-refractivity contribution in [2.75, 3.05) is 18.5 Å². The molecule has 0 radical (unpaired) electrons. The fourth-order valence-corrected chi connectivity index (χ4v) is 2.57. The van der Waals surface area contributed by atoms with Crippen molar-refractivity contribution in [1.29, 1.82) is 0 Å². The lowest BCUT2D eigenvalue weighted by molar-refractivity contribution is 0.103. The van der Waals surface area contributed by atoms with Crippen LogP contribution in [0.25, 0.3) is 0 Å². The van der Waals surface area contributed by atoms with E-state index in [2.05, 4.69) is 12.2 Å². The Morgan fingerprint density at radius 2 is 2.20 bits per heavy atom. The number of rotatable bonds is 6. The number of aryl methyl sites for hydroxylation is 1. The smallest absolute Gasteiger partial charge is 0.265 e. The molecule has 1 aromatic heterocycles. The lowest BCUT2D eigenvalue weighted by Gasteiger charge is -2.07. The van der Waals surface area contributed by atoms with Gasteiger partial charge in [0.05, 0.1) is 4.88 Å². The molecular formula is C15H18N2O2S. The van der Waals surface area contributed by atoms with Crippen LogP contribution in [0.5, 0.6) is 5.75 Å². The lowest BCUT2D eigenvalue weighted by Crippen LogP contribution is -2.12. The van der Waals surface area contributed by atoms with E-state index in [0.717, 1.165) is 17.0 Å². The minimum absolute atomic E-state index is 0.0920. The summed E-state index contributed by atoms with van der Waals surface area (Å²) in [6.07, 6.45) is 0.945. The molecule has 0 saturated carbocycles. The summed E-state index contributed by atoms with van der Waals surface area (Å²) in [6, 6.07) is 11.1. The number of benzene rings is 1. The summed E-state index contributed by atoms with van der Waals surface area (Å²) < 4.78 is 5.43. The van der Waals surface area contributed by atoms with Crippen molar-refractivity contribution in [3.05, 3.63) is 46.2 Å². The van der Waals surface area contributed by atoms with Gasteiger partial charge in [-0.15, -0.1) is 11.3 Å². The van der Waals surface area contributed by atoms with E-state index in [-0.39, 0.29) is 5.91 Å². The molecule has 2 aromatic rings. The van der Waals surface area contributed by atoms with Gasteiger partial charge in [-0.25, -0.2) is 0 Å². The number of hydrogen-bond donors (Lipinski definition) is 2. The van der Waals surface area contributed by atoms with Crippen LogP contribution in [-0.4, -0.2) is 19.1 Å². The minimum atomic E-state index is -0.0920. The first kappa shape index (κ1) is 14.6. The van der Waals surface area contributed by atoms with Crippen LogP contribution in [0.2, 0.25) is 0 Å². The summed E-state index contributed by atoms with van der Waals surface area (Å²) in [7, 11) is 0. The standard InChI is InChI=1S/C15H18N2O2S/c1-2-13-6-7-14(20-13)15(18)17-11-4-3-5-12(10-11)19-9-8-16/h3-7,10H,2,8-9,16H2,1H3,(H,17,18). The fraction of sp³-hybridized carbons (Fsp3) is 0.267. The number of thiophene rings is 1. The van der Waals surface area contributed by atoms with E-state index in [1.807, 2.05) is 30.3 Å². The van der Waals surface area contributed by atoms with Gasteiger partial charge in [0.2, 0.25) is 0 Å². The van der Waals surface area contributed by atoms with Crippen molar-refractivity contribution in [3.63, 3.8) is 0 Å². The number of carbonyl (C=O) groups excluding carboxylic acids is 1. The lowest BCUT2D eigenvalue weighted by atomic mass is 10.3. The Labute approximate surface area is 122 Å². The van der Waals surface area contributed by atoms with Crippen LogP contribution < -0.4 is 15.8 Å². The predicted octanol–water partition coefficient (Wildman–Crippen LogP) is 2.90. The number of nitrogens with one attached hydrogen (secondary N) is 1. The van der Waals surface area contributed by atoms with E-state index >= 15 is 0 Å². The zero-order valence-electron chi connectivity index (χ0n) is 11.4. The van der Waals surface area contributed by atoms with Gasteiger partial charge in [0, 0.05) is 23.2 Å². The van der Waals surface area contributed by atoms with Crippen molar-refractivity contribution < 1.29 is 9.53 Å². The molecule has 1 aromatic carbocycles. The summed E-state index contributed by atoms with van der Waals surface area (Å²) in [5, 5.41) is 2.87. The topological polar surface area (TPSA) is 64.3 Å². The number of anilines is 1.